The first-order valence-electron chi connectivity index (χ1n) is 9.85. The average Bonchev–Trinajstić information content (AvgIpc) is 2.70. The normalized spacial score (nSPS) is 19.7. The molecule has 134 valence electrons. The van der Waals surface area contributed by atoms with Gasteiger partial charge in [-0.3, -0.25) is 14.4 Å². The van der Waals surface area contributed by atoms with Crippen molar-refractivity contribution in [3.8, 4) is 0 Å². The molecule has 3 rings (SSSR count). The summed E-state index contributed by atoms with van der Waals surface area (Å²) in [5.41, 5.74) is 0.487. The topological polar surface area (TPSA) is 51.2 Å². The summed E-state index contributed by atoms with van der Waals surface area (Å²) in [6.45, 7) is 0. The predicted molar refractivity (Wildman–Crippen MR) is 97.4 cm³/mol. The third-order valence-electron chi connectivity index (χ3n) is 5.90. The summed E-state index contributed by atoms with van der Waals surface area (Å²) < 4.78 is 0. The first-order chi connectivity index (χ1) is 12.2. The quantitative estimate of drug-likeness (QED) is 0.553. The summed E-state index contributed by atoms with van der Waals surface area (Å²) in [5.74, 6) is -1.80. The molecule has 2 aliphatic rings. The van der Waals surface area contributed by atoms with Crippen molar-refractivity contribution in [2.75, 3.05) is 0 Å². The third kappa shape index (κ3) is 4.26. The van der Waals surface area contributed by atoms with E-state index in [2.05, 4.69) is 0 Å². The van der Waals surface area contributed by atoms with Crippen LogP contribution in [0.25, 0.3) is 0 Å². The Morgan fingerprint density at radius 3 is 1.56 bits per heavy atom. The number of carbonyl (C=O) groups excluding carboxylic acids is 3. The molecule has 2 aliphatic carbocycles. The number of rotatable bonds is 6. The highest BCUT2D eigenvalue weighted by Gasteiger charge is 2.41. The van der Waals surface area contributed by atoms with Gasteiger partial charge in [-0.25, -0.2) is 0 Å². The van der Waals surface area contributed by atoms with Crippen molar-refractivity contribution in [2.45, 2.75) is 64.2 Å². The van der Waals surface area contributed by atoms with E-state index >= 15 is 0 Å². The Labute approximate surface area is 150 Å². The number of carbonyl (C=O) groups is 3. The smallest absolute Gasteiger partial charge is 0.180 e. The van der Waals surface area contributed by atoms with Crippen molar-refractivity contribution in [2.24, 2.45) is 17.8 Å². The van der Waals surface area contributed by atoms with Crippen LogP contribution in [0.1, 0.15) is 74.6 Å². The van der Waals surface area contributed by atoms with Crippen LogP contribution >= 0.6 is 0 Å². The zero-order valence-corrected chi connectivity index (χ0v) is 14.9. The van der Waals surface area contributed by atoms with E-state index in [0.29, 0.717) is 5.56 Å². The van der Waals surface area contributed by atoms with Crippen LogP contribution in [0.5, 0.6) is 0 Å². The van der Waals surface area contributed by atoms with Gasteiger partial charge in [-0.15, -0.1) is 0 Å². The zero-order chi connectivity index (χ0) is 17.6. The van der Waals surface area contributed by atoms with Crippen molar-refractivity contribution >= 4 is 17.3 Å². The minimum absolute atomic E-state index is 0.107. The van der Waals surface area contributed by atoms with Crippen LogP contribution in [-0.4, -0.2) is 17.3 Å². The third-order valence-corrected chi connectivity index (χ3v) is 5.90. The molecule has 0 atom stereocenters. The summed E-state index contributed by atoms with van der Waals surface area (Å²) in [5, 5.41) is 0. The maximum atomic E-state index is 13.2. The first kappa shape index (κ1) is 18.0. The first-order valence-corrected chi connectivity index (χ1v) is 9.85. The predicted octanol–water partition coefficient (Wildman–Crippen LogP) is 4.78. The molecule has 0 spiro atoms. The molecule has 0 heterocycles. The molecule has 1 aromatic carbocycles. The molecule has 3 heteroatoms. The van der Waals surface area contributed by atoms with Crippen LogP contribution in [0.3, 0.4) is 0 Å². The fraction of sp³-hybridized carbons (Fsp3) is 0.591. The Morgan fingerprint density at radius 1 is 0.680 bits per heavy atom. The van der Waals surface area contributed by atoms with Crippen LogP contribution in [-0.2, 0) is 9.59 Å². The summed E-state index contributed by atoms with van der Waals surface area (Å²) in [6.07, 6.45) is 9.73. The highest BCUT2D eigenvalue weighted by atomic mass is 16.2. The van der Waals surface area contributed by atoms with Crippen molar-refractivity contribution in [1.82, 2.24) is 0 Å². The second-order valence-electron chi connectivity index (χ2n) is 7.64. The second kappa shape index (κ2) is 8.55. The molecule has 0 radical (unpaired) electrons. The van der Waals surface area contributed by atoms with Gasteiger partial charge >= 0.3 is 0 Å². The van der Waals surface area contributed by atoms with E-state index in [1.165, 1.54) is 0 Å². The van der Waals surface area contributed by atoms with Gasteiger partial charge in [0.1, 0.15) is 5.92 Å². The van der Waals surface area contributed by atoms with Crippen LogP contribution in [0.4, 0.5) is 0 Å². The average molecular weight is 340 g/mol. The molecule has 0 saturated heterocycles. The minimum Gasteiger partial charge on any atom is -0.298 e. The molecule has 25 heavy (non-hydrogen) atoms. The number of hydrogen-bond acceptors (Lipinski definition) is 3. The SMILES string of the molecule is O=C(c1ccccc1)C(C(=O)C1CCCCC1)C(=O)C1CCCCC1. The van der Waals surface area contributed by atoms with E-state index in [4.69, 9.17) is 0 Å². The highest BCUT2D eigenvalue weighted by Crippen LogP contribution is 2.32. The largest absolute Gasteiger partial charge is 0.298 e. The van der Waals surface area contributed by atoms with Crippen LogP contribution < -0.4 is 0 Å². The Morgan fingerprint density at radius 2 is 1.12 bits per heavy atom. The van der Waals surface area contributed by atoms with E-state index in [9.17, 15) is 14.4 Å². The van der Waals surface area contributed by atoms with Gasteiger partial charge in [0.2, 0.25) is 0 Å². The summed E-state index contributed by atoms with van der Waals surface area (Å²) in [7, 11) is 0. The lowest BCUT2D eigenvalue weighted by atomic mass is 9.73. The van der Waals surface area contributed by atoms with Crippen LogP contribution in [0.2, 0.25) is 0 Å². The van der Waals surface area contributed by atoms with Gasteiger partial charge in [0, 0.05) is 17.4 Å². The Balaban J connectivity index is 1.85. The van der Waals surface area contributed by atoms with E-state index in [0.717, 1.165) is 64.2 Å². The Bertz CT molecular complexity index is 577. The molecular formula is C22H28O3. The molecule has 0 unspecified atom stereocenters. The lowest BCUT2D eigenvalue weighted by Crippen LogP contribution is -2.40. The molecular weight excluding hydrogens is 312 g/mol. The van der Waals surface area contributed by atoms with Gasteiger partial charge in [0.25, 0.3) is 0 Å². The fourth-order valence-electron chi connectivity index (χ4n) is 4.41. The molecule has 0 bridgehead atoms. The van der Waals surface area contributed by atoms with Gasteiger partial charge < -0.3 is 0 Å². The molecule has 1 aromatic rings. The minimum atomic E-state index is -1.08. The molecule has 0 amide bonds. The molecule has 3 nitrogen and oxygen atoms in total. The number of ketones is 3. The summed E-state index contributed by atoms with van der Waals surface area (Å²) in [6, 6.07) is 8.87. The monoisotopic (exact) mass is 340 g/mol. The zero-order valence-electron chi connectivity index (χ0n) is 14.9. The lowest BCUT2D eigenvalue weighted by Gasteiger charge is -2.28. The van der Waals surface area contributed by atoms with E-state index in [1.54, 1.807) is 24.3 Å². The van der Waals surface area contributed by atoms with Gasteiger partial charge in [-0.1, -0.05) is 68.9 Å². The standard InChI is InChI=1S/C22H28O3/c23-20(16-10-4-1-5-11-16)19(21(24)17-12-6-2-7-13-17)22(25)18-14-8-3-9-15-18/h1,4-5,10-11,17-19H,2-3,6-9,12-15H2. The van der Waals surface area contributed by atoms with Crippen molar-refractivity contribution in [3.05, 3.63) is 35.9 Å². The van der Waals surface area contributed by atoms with Gasteiger partial charge in [0.05, 0.1) is 0 Å². The van der Waals surface area contributed by atoms with Crippen molar-refractivity contribution < 1.29 is 14.4 Å². The van der Waals surface area contributed by atoms with Crippen LogP contribution in [0, 0.1) is 17.8 Å². The molecule has 2 fully saturated rings. The fourth-order valence-corrected chi connectivity index (χ4v) is 4.41. The van der Waals surface area contributed by atoms with Crippen molar-refractivity contribution in [3.63, 3.8) is 0 Å². The maximum Gasteiger partial charge on any atom is 0.180 e. The van der Waals surface area contributed by atoms with Crippen LogP contribution in [0.15, 0.2) is 30.3 Å². The Kier molecular flexibility index (Phi) is 6.17. The number of benzene rings is 1. The summed E-state index contributed by atoms with van der Waals surface area (Å²) in [4.78, 5) is 39.4. The number of hydrogen-bond donors (Lipinski definition) is 0. The van der Waals surface area contributed by atoms with E-state index in [-0.39, 0.29) is 29.2 Å². The van der Waals surface area contributed by atoms with E-state index < -0.39 is 5.92 Å². The lowest BCUT2D eigenvalue weighted by molar-refractivity contribution is -0.136. The number of Topliss-reactive ketones (excluding diaryl/α,β-unsaturated/α-hetero) is 3. The highest BCUT2D eigenvalue weighted by molar-refractivity contribution is 6.25. The maximum absolute atomic E-state index is 13.2. The molecule has 2 saturated carbocycles. The van der Waals surface area contributed by atoms with Crippen molar-refractivity contribution in [1.29, 1.82) is 0 Å². The molecule has 0 aliphatic heterocycles. The summed E-state index contributed by atoms with van der Waals surface area (Å²) >= 11 is 0. The molecule has 0 aromatic heterocycles. The second-order valence-corrected chi connectivity index (χ2v) is 7.64. The van der Waals surface area contributed by atoms with Gasteiger partial charge in [-0.05, 0) is 25.7 Å². The molecule has 0 N–H and O–H groups in total. The van der Waals surface area contributed by atoms with Gasteiger partial charge in [0.15, 0.2) is 17.3 Å². The van der Waals surface area contributed by atoms with E-state index in [1.807, 2.05) is 6.07 Å². The van der Waals surface area contributed by atoms with Gasteiger partial charge in [-0.2, -0.15) is 0 Å². The Hall–Kier alpha value is -1.77.